The lowest BCUT2D eigenvalue weighted by atomic mass is 9.81. The normalized spacial score (nSPS) is 28.0. The molecule has 1 aromatic rings. The van der Waals surface area contributed by atoms with Crippen LogP contribution in [0.4, 0.5) is 0 Å². The van der Waals surface area contributed by atoms with Gasteiger partial charge in [-0.2, -0.15) is 0 Å². The van der Waals surface area contributed by atoms with Gasteiger partial charge in [-0.1, -0.05) is 24.3 Å². The van der Waals surface area contributed by atoms with Crippen molar-refractivity contribution in [1.82, 2.24) is 4.90 Å². The van der Waals surface area contributed by atoms with Crippen molar-refractivity contribution in [2.45, 2.75) is 57.5 Å². The summed E-state index contributed by atoms with van der Waals surface area (Å²) >= 11 is 0. The van der Waals surface area contributed by atoms with E-state index in [4.69, 9.17) is 5.73 Å². The first-order valence-electron chi connectivity index (χ1n) is 8.27. The van der Waals surface area contributed by atoms with E-state index in [1.165, 1.54) is 32.2 Å². The highest BCUT2D eigenvalue weighted by atomic mass is 15.2. The summed E-state index contributed by atoms with van der Waals surface area (Å²) in [6.45, 7) is 6.68. The Hall–Kier alpha value is -0.860. The van der Waals surface area contributed by atoms with Crippen molar-refractivity contribution in [2.24, 2.45) is 11.7 Å². The molecule has 2 unspecified atom stereocenters. The van der Waals surface area contributed by atoms with Gasteiger partial charge in [-0.3, -0.25) is 4.90 Å². The van der Waals surface area contributed by atoms with Crippen LogP contribution in [0.5, 0.6) is 0 Å². The first kappa shape index (κ1) is 14.1. The molecule has 2 heteroatoms. The summed E-state index contributed by atoms with van der Waals surface area (Å²) in [4.78, 5) is 2.68. The van der Waals surface area contributed by atoms with Crippen LogP contribution >= 0.6 is 0 Å². The van der Waals surface area contributed by atoms with Crippen LogP contribution in [0.25, 0.3) is 0 Å². The van der Waals surface area contributed by atoms with Gasteiger partial charge < -0.3 is 5.73 Å². The van der Waals surface area contributed by atoms with Crippen molar-refractivity contribution < 1.29 is 0 Å². The number of benzene rings is 1. The zero-order valence-corrected chi connectivity index (χ0v) is 12.9. The molecule has 3 rings (SSSR count). The third-order valence-corrected chi connectivity index (χ3v) is 5.09. The van der Waals surface area contributed by atoms with Crippen molar-refractivity contribution in [3.63, 3.8) is 0 Å². The Morgan fingerprint density at radius 2 is 1.85 bits per heavy atom. The summed E-state index contributed by atoms with van der Waals surface area (Å²) in [5.41, 5.74) is 9.28. The fourth-order valence-corrected chi connectivity index (χ4v) is 3.91. The average Bonchev–Trinajstić information content (AvgIpc) is 3.31. The summed E-state index contributed by atoms with van der Waals surface area (Å²) in [6.07, 6.45) is 5.32. The van der Waals surface area contributed by atoms with Gasteiger partial charge in [-0.25, -0.2) is 0 Å². The van der Waals surface area contributed by atoms with Crippen LogP contribution in [-0.2, 0) is 0 Å². The molecule has 2 fully saturated rings. The zero-order chi connectivity index (χ0) is 14.1. The van der Waals surface area contributed by atoms with E-state index in [0.717, 1.165) is 12.5 Å². The molecule has 20 heavy (non-hydrogen) atoms. The van der Waals surface area contributed by atoms with E-state index in [1.807, 2.05) is 0 Å². The monoisotopic (exact) mass is 272 g/mol. The minimum Gasteiger partial charge on any atom is -0.330 e. The van der Waals surface area contributed by atoms with E-state index in [0.29, 0.717) is 18.0 Å². The van der Waals surface area contributed by atoms with Gasteiger partial charge in [0.1, 0.15) is 0 Å². The molecule has 1 saturated carbocycles. The second-order valence-corrected chi connectivity index (χ2v) is 6.82. The number of nitrogens with two attached hydrogens (primary N) is 1. The number of rotatable bonds is 4. The fourth-order valence-electron chi connectivity index (χ4n) is 3.91. The van der Waals surface area contributed by atoms with E-state index >= 15 is 0 Å². The number of hydrogen-bond acceptors (Lipinski definition) is 2. The molecule has 2 atom stereocenters. The van der Waals surface area contributed by atoms with Crippen molar-refractivity contribution in [3.8, 4) is 0 Å². The highest BCUT2D eigenvalue weighted by Gasteiger charge is 2.36. The average molecular weight is 272 g/mol. The summed E-state index contributed by atoms with van der Waals surface area (Å²) in [5, 5.41) is 0. The summed E-state index contributed by atoms with van der Waals surface area (Å²) in [6, 6.07) is 10.3. The second-order valence-electron chi connectivity index (χ2n) is 6.82. The molecule has 0 radical (unpaired) electrons. The lowest BCUT2D eigenvalue weighted by Gasteiger charge is -2.44. The molecule has 1 heterocycles. The van der Waals surface area contributed by atoms with Gasteiger partial charge in [0.15, 0.2) is 0 Å². The molecule has 1 aromatic carbocycles. The van der Waals surface area contributed by atoms with Crippen LogP contribution in [0.1, 0.15) is 62.6 Å². The quantitative estimate of drug-likeness (QED) is 0.906. The first-order chi connectivity index (χ1) is 9.72. The lowest BCUT2D eigenvalue weighted by molar-refractivity contribution is 0.0660. The third-order valence-electron chi connectivity index (χ3n) is 5.09. The van der Waals surface area contributed by atoms with E-state index in [1.54, 1.807) is 11.1 Å². The molecular formula is C18H28N2. The molecule has 2 aliphatic rings. The van der Waals surface area contributed by atoms with Crippen LogP contribution < -0.4 is 5.73 Å². The van der Waals surface area contributed by atoms with Gasteiger partial charge in [0.2, 0.25) is 0 Å². The van der Waals surface area contributed by atoms with Crippen LogP contribution in [0.15, 0.2) is 24.3 Å². The molecule has 1 saturated heterocycles. The molecule has 0 bridgehead atoms. The first-order valence-corrected chi connectivity index (χ1v) is 8.27. The van der Waals surface area contributed by atoms with Gasteiger partial charge in [0.25, 0.3) is 0 Å². The Balaban J connectivity index is 1.98. The molecule has 2 N–H and O–H groups in total. The Labute approximate surface area is 123 Å². The van der Waals surface area contributed by atoms with E-state index in [2.05, 4.69) is 43.0 Å². The Morgan fingerprint density at radius 1 is 1.15 bits per heavy atom. The van der Waals surface area contributed by atoms with Crippen molar-refractivity contribution in [3.05, 3.63) is 35.4 Å². The number of nitrogens with zero attached hydrogens (tertiary/aromatic N) is 1. The predicted octanol–water partition coefficient (Wildman–Crippen LogP) is 3.68. The van der Waals surface area contributed by atoms with Crippen LogP contribution in [-0.4, -0.2) is 24.0 Å². The minimum atomic E-state index is 0.533. The second kappa shape index (κ2) is 5.87. The minimum absolute atomic E-state index is 0.533. The number of likely N-dealkylation sites (tertiary alicyclic amines) is 1. The summed E-state index contributed by atoms with van der Waals surface area (Å²) < 4.78 is 0. The standard InChI is InChI=1S/C18H28N2/c1-13(2)20-11-5-6-15(12-19)18(20)17-8-4-3-7-16(17)14-9-10-14/h3-4,7-8,13-15,18H,5-6,9-12,19H2,1-2H3. The molecule has 110 valence electrons. The zero-order valence-electron chi connectivity index (χ0n) is 12.9. The van der Waals surface area contributed by atoms with E-state index in [-0.39, 0.29) is 0 Å². The fraction of sp³-hybridized carbons (Fsp3) is 0.667. The maximum Gasteiger partial charge on any atom is 0.0393 e. The van der Waals surface area contributed by atoms with E-state index in [9.17, 15) is 0 Å². The predicted molar refractivity (Wildman–Crippen MR) is 84.8 cm³/mol. The number of piperidine rings is 1. The molecule has 1 aliphatic carbocycles. The highest BCUT2D eigenvalue weighted by molar-refractivity contribution is 5.36. The number of hydrogen-bond donors (Lipinski definition) is 1. The van der Waals surface area contributed by atoms with E-state index < -0.39 is 0 Å². The molecule has 0 spiro atoms. The van der Waals surface area contributed by atoms with Gasteiger partial charge in [-0.15, -0.1) is 0 Å². The SMILES string of the molecule is CC(C)N1CCCC(CN)C1c1ccccc1C1CC1. The molecule has 0 amide bonds. The lowest BCUT2D eigenvalue weighted by Crippen LogP contribution is -2.45. The highest BCUT2D eigenvalue weighted by Crippen LogP contribution is 2.46. The molecule has 2 nitrogen and oxygen atoms in total. The van der Waals surface area contributed by atoms with Crippen molar-refractivity contribution in [1.29, 1.82) is 0 Å². The third kappa shape index (κ3) is 2.64. The molecular weight excluding hydrogens is 244 g/mol. The molecule has 0 aromatic heterocycles. The van der Waals surface area contributed by atoms with Crippen molar-refractivity contribution >= 4 is 0 Å². The smallest absolute Gasteiger partial charge is 0.0393 e. The molecule has 1 aliphatic heterocycles. The van der Waals surface area contributed by atoms with Gasteiger partial charge in [0, 0.05) is 12.1 Å². The van der Waals surface area contributed by atoms with Gasteiger partial charge >= 0.3 is 0 Å². The Kier molecular flexibility index (Phi) is 4.13. The maximum absolute atomic E-state index is 6.11. The van der Waals surface area contributed by atoms with Crippen molar-refractivity contribution in [2.75, 3.05) is 13.1 Å². The largest absolute Gasteiger partial charge is 0.330 e. The summed E-state index contributed by atoms with van der Waals surface area (Å²) in [7, 11) is 0. The Bertz CT molecular complexity index is 450. The summed E-state index contributed by atoms with van der Waals surface area (Å²) in [5.74, 6) is 1.44. The maximum atomic E-state index is 6.11. The van der Waals surface area contributed by atoms with Crippen LogP contribution in [0.3, 0.4) is 0 Å². The van der Waals surface area contributed by atoms with Gasteiger partial charge in [-0.05, 0) is 75.6 Å². The Morgan fingerprint density at radius 3 is 2.45 bits per heavy atom. The topological polar surface area (TPSA) is 29.3 Å². The van der Waals surface area contributed by atoms with Crippen LogP contribution in [0.2, 0.25) is 0 Å². The van der Waals surface area contributed by atoms with Gasteiger partial charge in [0.05, 0.1) is 0 Å². The van der Waals surface area contributed by atoms with Crippen LogP contribution in [0, 0.1) is 5.92 Å².